The Kier molecular flexibility index (Phi) is 7.78. The van der Waals surface area contributed by atoms with Gasteiger partial charge in [-0.1, -0.05) is 59.3 Å². The first kappa shape index (κ1) is 21.5. The van der Waals surface area contributed by atoms with Crippen molar-refractivity contribution < 1.29 is 14.3 Å². The summed E-state index contributed by atoms with van der Waals surface area (Å²) in [6, 6.07) is 29.0. The van der Waals surface area contributed by atoms with E-state index in [1.54, 1.807) is 6.92 Å². The van der Waals surface area contributed by atoms with E-state index in [4.69, 9.17) is 9.47 Å². The summed E-state index contributed by atoms with van der Waals surface area (Å²) in [7, 11) is -0.200. The summed E-state index contributed by atoms with van der Waals surface area (Å²) >= 11 is 3.22. The minimum Gasteiger partial charge on any atom is -0.455 e. The van der Waals surface area contributed by atoms with Gasteiger partial charge < -0.3 is 9.47 Å². The van der Waals surface area contributed by atoms with Crippen molar-refractivity contribution in [2.45, 2.75) is 46.1 Å². The van der Waals surface area contributed by atoms with Crippen molar-refractivity contribution in [3.05, 3.63) is 84.9 Å². The number of esters is 1. The molecule has 0 aromatic heterocycles. The highest BCUT2D eigenvalue weighted by molar-refractivity contribution is 9.10. The van der Waals surface area contributed by atoms with Gasteiger partial charge in [0, 0.05) is 6.42 Å². The Morgan fingerprint density at radius 1 is 0.862 bits per heavy atom. The van der Waals surface area contributed by atoms with Crippen LogP contribution in [0.1, 0.15) is 20.3 Å². The van der Waals surface area contributed by atoms with Crippen molar-refractivity contribution in [2.75, 3.05) is 0 Å². The number of hydrogen-bond acceptors (Lipinski definition) is 3. The zero-order valence-corrected chi connectivity index (χ0v) is 18.9. The molecule has 0 fully saturated rings. The van der Waals surface area contributed by atoms with Crippen molar-refractivity contribution in [2.24, 2.45) is 0 Å². The van der Waals surface area contributed by atoms with Crippen LogP contribution in [-0.2, 0) is 20.4 Å². The van der Waals surface area contributed by atoms with Gasteiger partial charge in [-0.25, -0.2) is 0 Å². The van der Waals surface area contributed by atoms with E-state index in [0.717, 1.165) is 0 Å². The molecule has 3 aromatic rings. The van der Waals surface area contributed by atoms with Crippen molar-refractivity contribution in [3.8, 4) is 5.75 Å². The number of hydrogen-bond donors (Lipinski definition) is 0. The van der Waals surface area contributed by atoms with Crippen LogP contribution in [-0.4, -0.2) is 17.1 Å². The average Bonchev–Trinajstić information content (AvgIpc) is 2.76. The van der Waals surface area contributed by atoms with E-state index in [9.17, 15) is 4.79 Å². The molecule has 0 radical (unpaired) electrons. The fourth-order valence-electron chi connectivity index (χ4n) is 2.74. The van der Waals surface area contributed by atoms with E-state index < -0.39 is 6.29 Å². The summed E-state index contributed by atoms with van der Waals surface area (Å²) in [5, 5.41) is 0. The first-order valence-corrected chi connectivity index (χ1v) is 11.7. The van der Waals surface area contributed by atoms with Crippen molar-refractivity contribution in [1.82, 2.24) is 0 Å². The van der Waals surface area contributed by atoms with Crippen LogP contribution in [0.5, 0.6) is 5.75 Å². The minimum absolute atomic E-state index is 0.200. The molecule has 0 aliphatic heterocycles. The maximum atomic E-state index is 11.8. The van der Waals surface area contributed by atoms with Gasteiger partial charge in [0.25, 0.3) is 0 Å². The molecule has 0 aliphatic carbocycles. The number of alkyl halides is 1. The van der Waals surface area contributed by atoms with Crippen LogP contribution >= 0.6 is 15.9 Å². The fraction of sp³-hybridized carbons (Fsp3) is 0.208. The van der Waals surface area contributed by atoms with Gasteiger partial charge in [0.2, 0.25) is 6.29 Å². The topological polar surface area (TPSA) is 35.5 Å². The smallest absolute Gasteiger partial charge is 0.322 e. The third kappa shape index (κ3) is 5.87. The second-order valence-corrected chi connectivity index (χ2v) is 9.81. The molecule has 150 valence electrons. The van der Waals surface area contributed by atoms with Gasteiger partial charge in [-0.05, 0) is 55.5 Å². The van der Waals surface area contributed by atoms with Crippen molar-refractivity contribution in [1.29, 1.82) is 0 Å². The highest BCUT2D eigenvalue weighted by Crippen LogP contribution is 2.32. The van der Waals surface area contributed by atoms with Crippen LogP contribution in [0.3, 0.4) is 0 Å². The lowest BCUT2D eigenvalue weighted by Gasteiger charge is -2.18. The summed E-state index contributed by atoms with van der Waals surface area (Å²) in [5.41, 5.74) is 0. The fourth-order valence-corrected chi connectivity index (χ4v) is 4.93. The normalized spacial score (nSPS) is 13.0. The first-order chi connectivity index (χ1) is 14.1. The quantitative estimate of drug-likeness (QED) is 0.169. The van der Waals surface area contributed by atoms with Gasteiger partial charge in [-0.2, -0.15) is 0 Å². The Balaban J connectivity index is 1.82. The minimum atomic E-state index is -0.602. The summed E-state index contributed by atoms with van der Waals surface area (Å²) < 4.78 is 11.2. The van der Waals surface area contributed by atoms with E-state index in [1.165, 1.54) is 14.7 Å². The Morgan fingerprint density at radius 2 is 1.34 bits per heavy atom. The number of carbonyl (C=O) groups is 1. The zero-order chi connectivity index (χ0) is 20.6. The van der Waals surface area contributed by atoms with Gasteiger partial charge in [0.1, 0.15) is 10.6 Å². The van der Waals surface area contributed by atoms with Crippen LogP contribution < -0.4 is 4.74 Å². The second-order valence-electron chi connectivity index (χ2n) is 6.41. The molecular weight excluding hydrogens is 448 g/mol. The third-order valence-corrected chi connectivity index (χ3v) is 6.80. The number of ether oxygens (including phenoxy) is 2. The number of benzene rings is 3. The molecule has 0 aliphatic rings. The first-order valence-electron chi connectivity index (χ1n) is 9.54. The van der Waals surface area contributed by atoms with E-state index in [1.807, 2.05) is 31.2 Å². The van der Waals surface area contributed by atoms with Crippen LogP contribution in [0, 0.1) is 0 Å². The SMILES string of the molecule is CCC(OC(=O)C(C)Br)Oc1ccc([S+](c2ccccc2)c2ccccc2)cc1. The maximum Gasteiger partial charge on any atom is 0.322 e. The summed E-state index contributed by atoms with van der Waals surface area (Å²) in [6.07, 6.45) is -0.0270. The molecular formula is C24H24BrO3S+. The molecule has 0 bridgehead atoms. The molecule has 0 saturated carbocycles. The lowest BCUT2D eigenvalue weighted by molar-refractivity contribution is -0.162. The molecule has 0 N–H and O–H groups in total. The highest BCUT2D eigenvalue weighted by Gasteiger charge is 2.28. The summed E-state index contributed by atoms with van der Waals surface area (Å²) in [4.78, 5) is 15.2. The van der Waals surface area contributed by atoms with E-state index in [-0.39, 0.29) is 21.7 Å². The monoisotopic (exact) mass is 471 g/mol. The standard InChI is InChI=1S/C24H24BrO3S/c1-3-23(28-24(26)18(2)25)27-19-14-16-22(17-15-19)29(20-10-6-4-7-11-20)21-12-8-5-9-13-21/h4-18,23H,3H2,1-2H3/q+1. The van der Waals surface area contributed by atoms with Crippen LogP contribution in [0.2, 0.25) is 0 Å². The average molecular weight is 472 g/mol. The maximum absolute atomic E-state index is 11.8. The van der Waals surface area contributed by atoms with E-state index >= 15 is 0 Å². The van der Waals surface area contributed by atoms with Crippen LogP contribution in [0.15, 0.2) is 99.6 Å². The summed E-state index contributed by atoms with van der Waals surface area (Å²) in [6.45, 7) is 3.66. The van der Waals surface area contributed by atoms with Crippen molar-refractivity contribution >= 4 is 32.8 Å². The van der Waals surface area contributed by atoms with E-state index in [0.29, 0.717) is 12.2 Å². The summed E-state index contributed by atoms with van der Waals surface area (Å²) in [5.74, 6) is 0.350. The molecule has 0 saturated heterocycles. The van der Waals surface area contributed by atoms with Gasteiger partial charge in [-0.3, -0.25) is 4.79 Å². The largest absolute Gasteiger partial charge is 0.455 e. The Morgan fingerprint density at radius 3 is 1.79 bits per heavy atom. The highest BCUT2D eigenvalue weighted by atomic mass is 79.9. The molecule has 29 heavy (non-hydrogen) atoms. The molecule has 0 heterocycles. The lowest BCUT2D eigenvalue weighted by atomic mass is 10.3. The Hall–Kier alpha value is -2.24. The van der Waals surface area contributed by atoms with Gasteiger partial charge in [0.15, 0.2) is 14.7 Å². The number of halogens is 1. The predicted octanol–water partition coefficient (Wildman–Crippen LogP) is 6.22. The van der Waals surface area contributed by atoms with Crippen LogP contribution in [0.4, 0.5) is 0 Å². The zero-order valence-electron chi connectivity index (χ0n) is 16.5. The molecule has 2 unspecified atom stereocenters. The van der Waals surface area contributed by atoms with E-state index in [2.05, 4.69) is 76.6 Å². The van der Waals surface area contributed by atoms with Crippen LogP contribution in [0.25, 0.3) is 0 Å². The molecule has 5 heteroatoms. The predicted molar refractivity (Wildman–Crippen MR) is 121 cm³/mol. The van der Waals surface area contributed by atoms with Crippen molar-refractivity contribution in [3.63, 3.8) is 0 Å². The van der Waals surface area contributed by atoms with Gasteiger partial charge >= 0.3 is 5.97 Å². The Labute approximate surface area is 183 Å². The molecule has 2 atom stereocenters. The Bertz CT molecular complexity index is 859. The number of carbonyl (C=O) groups excluding carboxylic acids is 1. The molecule has 3 nitrogen and oxygen atoms in total. The lowest BCUT2D eigenvalue weighted by Crippen LogP contribution is -2.27. The third-order valence-electron chi connectivity index (χ3n) is 4.19. The number of rotatable bonds is 8. The van der Waals surface area contributed by atoms with Gasteiger partial charge in [-0.15, -0.1) is 0 Å². The van der Waals surface area contributed by atoms with Gasteiger partial charge in [0.05, 0.1) is 10.9 Å². The molecule has 0 spiro atoms. The molecule has 0 amide bonds. The molecule has 3 aromatic carbocycles. The second kappa shape index (κ2) is 10.5. The molecule has 3 rings (SSSR count).